The van der Waals surface area contributed by atoms with Gasteiger partial charge in [0.15, 0.2) is 0 Å². The molecule has 204 valence electrons. The molecule has 1 nitrogen and oxygen atoms in total. The molecule has 0 amide bonds. The number of benzene rings is 2. The van der Waals surface area contributed by atoms with Gasteiger partial charge in [0, 0.05) is 6.04 Å². The molecule has 36 heavy (non-hydrogen) atoms. The Bertz CT molecular complexity index is 720. The molecule has 4 rings (SSSR count). The first-order valence-electron chi connectivity index (χ1n) is 13.4. The zero-order valence-electron chi connectivity index (χ0n) is 24.1. The minimum absolute atomic E-state index is 0. The van der Waals surface area contributed by atoms with E-state index in [1.807, 2.05) is 0 Å². The Morgan fingerprint density at radius 2 is 1.17 bits per heavy atom. The number of nitrogens with zero attached hydrogens (tertiary/aromatic N) is 1. The normalized spacial score (nSPS) is 21.7. The van der Waals surface area contributed by atoms with Crippen LogP contribution in [0, 0.1) is 20.8 Å². The van der Waals surface area contributed by atoms with Crippen LogP contribution in [0.15, 0.2) is 60.7 Å². The van der Waals surface area contributed by atoms with Crippen LogP contribution in [0.1, 0.15) is 65.7 Å². The van der Waals surface area contributed by atoms with Gasteiger partial charge in [0.1, 0.15) is 0 Å². The fourth-order valence-corrected chi connectivity index (χ4v) is 12.7. The SMILES string of the molecule is C1CCCC1.CCP(CC)C1CCC([C@@H](C)N(C)C)C1P(c1ccccc1)c1ccccc1.[CH3-].[CH3-].[Fe+2]. The second-order valence-corrected chi connectivity index (χ2v) is 15.5. The molecule has 0 aliphatic heterocycles. The van der Waals surface area contributed by atoms with E-state index >= 15 is 0 Å². The minimum atomic E-state index is -0.342. The summed E-state index contributed by atoms with van der Waals surface area (Å²) in [6.45, 7) is 7.33. The molecule has 2 aromatic rings. The van der Waals surface area contributed by atoms with E-state index in [4.69, 9.17) is 0 Å². The molecule has 0 spiro atoms. The van der Waals surface area contributed by atoms with E-state index in [0.29, 0.717) is 6.04 Å². The van der Waals surface area contributed by atoms with E-state index in [0.717, 1.165) is 17.2 Å². The molecule has 0 bridgehead atoms. The molecule has 0 aromatic heterocycles. The first-order chi connectivity index (χ1) is 16.1. The second kappa shape index (κ2) is 18.9. The zero-order valence-corrected chi connectivity index (χ0v) is 27.0. The summed E-state index contributed by atoms with van der Waals surface area (Å²) in [5.41, 5.74) is 1.70. The monoisotopic (exact) mass is 569 g/mol. The second-order valence-electron chi connectivity index (χ2n) is 10.0. The van der Waals surface area contributed by atoms with Crippen LogP contribution >= 0.6 is 15.8 Å². The fraction of sp³-hybridized carbons (Fsp3) is 0.562. The first kappa shape index (κ1) is 35.8. The average molecular weight is 570 g/mol. The molecule has 0 heterocycles. The van der Waals surface area contributed by atoms with Gasteiger partial charge in [-0.25, -0.2) is 0 Å². The molecule has 4 heteroatoms. The predicted octanol–water partition coefficient (Wildman–Crippen LogP) is 8.59. The third kappa shape index (κ3) is 9.51. The van der Waals surface area contributed by atoms with Gasteiger partial charge >= 0.3 is 17.1 Å². The number of rotatable bonds is 8. The van der Waals surface area contributed by atoms with E-state index in [1.54, 1.807) is 10.6 Å². The Hall–Kier alpha value is -0.221. The Morgan fingerprint density at radius 3 is 1.53 bits per heavy atom. The van der Waals surface area contributed by atoms with Crippen LogP contribution in [0.2, 0.25) is 0 Å². The van der Waals surface area contributed by atoms with Gasteiger partial charge < -0.3 is 19.8 Å². The van der Waals surface area contributed by atoms with Crippen molar-refractivity contribution in [2.75, 3.05) is 26.4 Å². The molecule has 2 fully saturated rings. The third-order valence-electron chi connectivity index (χ3n) is 7.96. The zero-order chi connectivity index (χ0) is 23.6. The Kier molecular flexibility index (Phi) is 18.8. The maximum atomic E-state index is 2.46. The van der Waals surface area contributed by atoms with Gasteiger partial charge in [-0.2, -0.15) is 0 Å². The van der Waals surface area contributed by atoms with Crippen LogP contribution in [0.4, 0.5) is 0 Å². The van der Waals surface area contributed by atoms with Crippen LogP contribution in [0.5, 0.6) is 0 Å². The summed E-state index contributed by atoms with van der Waals surface area (Å²) in [6, 6.07) is 23.5. The molecule has 0 radical (unpaired) electrons. The summed E-state index contributed by atoms with van der Waals surface area (Å²) in [6.07, 6.45) is 13.1. The van der Waals surface area contributed by atoms with Crippen molar-refractivity contribution < 1.29 is 17.1 Å². The van der Waals surface area contributed by atoms with Crippen molar-refractivity contribution in [1.82, 2.24) is 4.90 Å². The van der Waals surface area contributed by atoms with Gasteiger partial charge in [-0.1, -0.05) is 107 Å². The summed E-state index contributed by atoms with van der Waals surface area (Å²) >= 11 is 0. The van der Waals surface area contributed by atoms with Gasteiger partial charge in [-0.05, 0) is 82.0 Å². The van der Waals surface area contributed by atoms with E-state index in [-0.39, 0.29) is 47.8 Å². The van der Waals surface area contributed by atoms with E-state index in [9.17, 15) is 0 Å². The van der Waals surface area contributed by atoms with Crippen molar-refractivity contribution in [2.24, 2.45) is 5.92 Å². The largest absolute Gasteiger partial charge is 2.00 e. The van der Waals surface area contributed by atoms with Crippen molar-refractivity contribution in [3.05, 3.63) is 75.5 Å². The predicted molar refractivity (Wildman–Crippen MR) is 166 cm³/mol. The maximum Gasteiger partial charge on any atom is 2.00 e. The minimum Gasteiger partial charge on any atom is -0.358 e. The van der Waals surface area contributed by atoms with Gasteiger partial charge in [-0.15, -0.1) is 7.92 Å². The summed E-state index contributed by atoms with van der Waals surface area (Å²) in [5.74, 6) is 0.787. The quantitative estimate of drug-likeness (QED) is 0.175. The van der Waals surface area contributed by atoms with E-state index < -0.39 is 0 Å². The molecular weight excluding hydrogens is 516 g/mol. The van der Waals surface area contributed by atoms with E-state index in [2.05, 4.69) is 100 Å². The number of hydrogen-bond donors (Lipinski definition) is 0. The van der Waals surface area contributed by atoms with Crippen molar-refractivity contribution >= 4 is 26.5 Å². The van der Waals surface area contributed by atoms with Crippen LogP contribution in [-0.4, -0.2) is 48.7 Å². The molecular formula is C32H53FeNP2. The molecule has 3 unspecified atom stereocenters. The average Bonchev–Trinajstić information content (AvgIpc) is 3.56. The Labute approximate surface area is 238 Å². The van der Waals surface area contributed by atoms with Crippen molar-refractivity contribution in [2.45, 2.75) is 83.1 Å². The summed E-state index contributed by atoms with van der Waals surface area (Å²) in [7, 11) is 4.31. The molecule has 0 saturated heterocycles. The third-order valence-corrected chi connectivity index (χ3v) is 14.4. The maximum absolute atomic E-state index is 2.46. The fourth-order valence-electron chi connectivity index (χ4n) is 5.91. The summed E-state index contributed by atoms with van der Waals surface area (Å²) < 4.78 is 0. The van der Waals surface area contributed by atoms with Crippen molar-refractivity contribution in [3.8, 4) is 0 Å². The van der Waals surface area contributed by atoms with Gasteiger partial charge in [0.25, 0.3) is 0 Å². The van der Waals surface area contributed by atoms with Crippen molar-refractivity contribution in [3.63, 3.8) is 0 Å². The standard InChI is InChI=1S/C25H37NP2.C5H10.2CH3.Fe/c1-6-27(7-2)24-19-18-23(20(3)26(4)5)25(24)28(21-14-10-8-11-15-21)22-16-12-9-13-17-22;1-2-4-5-3-1;;;/h8-17,20,23-25H,6-7,18-19H2,1-5H3;1-5H2;2*1H3;/q;;2*-1;+2/t20-,23?,24?,25?;;;;/m1..../s1. The van der Waals surface area contributed by atoms with Crippen LogP contribution in [0.25, 0.3) is 0 Å². The van der Waals surface area contributed by atoms with Gasteiger partial charge in [0.05, 0.1) is 0 Å². The van der Waals surface area contributed by atoms with Crippen LogP contribution in [0.3, 0.4) is 0 Å². The van der Waals surface area contributed by atoms with Gasteiger partial charge in [0.2, 0.25) is 0 Å². The topological polar surface area (TPSA) is 3.24 Å². The Morgan fingerprint density at radius 1 is 0.750 bits per heavy atom. The van der Waals surface area contributed by atoms with Crippen molar-refractivity contribution in [1.29, 1.82) is 0 Å². The molecule has 2 saturated carbocycles. The molecule has 2 aromatic carbocycles. The molecule has 2 aliphatic rings. The van der Waals surface area contributed by atoms with Crippen LogP contribution < -0.4 is 10.6 Å². The molecule has 0 N–H and O–H groups in total. The molecule has 4 atom stereocenters. The number of hydrogen-bond acceptors (Lipinski definition) is 1. The Balaban J connectivity index is 0.00000137. The molecule has 2 aliphatic carbocycles. The summed E-state index contributed by atoms with van der Waals surface area (Å²) in [5, 5.41) is 3.14. The van der Waals surface area contributed by atoms with Crippen LogP contribution in [-0.2, 0) is 17.1 Å². The smallest absolute Gasteiger partial charge is 0.358 e. The van der Waals surface area contributed by atoms with Gasteiger partial charge in [-0.3, -0.25) is 0 Å². The first-order valence-corrected chi connectivity index (χ1v) is 16.6. The summed E-state index contributed by atoms with van der Waals surface area (Å²) in [4.78, 5) is 2.46. The van der Waals surface area contributed by atoms with E-state index in [1.165, 1.54) is 57.3 Å².